The molecular weight excluding hydrogens is 203 g/mol. The molecule has 0 fully saturated rings. The second-order valence-corrected chi connectivity index (χ2v) is 4.18. The van der Waals surface area contributed by atoms with Gasteiger partial charge in [0.15, 0.2) is 0 Å². The van der Waals surface area contributed by atoms with Crippen molar-refractivity contribution in [2.75, 3.05) is 5.75 Å². The van der Waals surface area contributed by atoms with Crippen molar-refractivity contribution in [3.05, 3.63) is 0 Å². The van der Waals surface area contributed by atoms with Crippen molar-refractivity contribution >= 4 is 51.3 Å². The Morgan fingerprint density at radius 3 is 2.00 bits per heavy atom. The third-order valence-corrected chi connectivity index (χ3v) is 1.97. The number of hydrogen-bond acceptors (Lipinski definition) is 3. The minimum atomic E-state index is -4.10. The molecule has 0 aliphatic carbocycles. The van der Waals surface area contributed by atoms with Gasteiger partial charge in [0.25, 0.3) is 10.1 Å². The van der Waals surface area contributed by atoms with Gasteiger partial charge in [-0.05, 0) is 6.92 Å². The molecule has 2 unspecified atom stereocenters. The Balaban J connectivity index is 0. The molecule has 0 saturated carbocycles. The van der Waals surface area contributed by atoms with E-state index in [9.17, 15) is 8.42 Å². The second kappa shape index (κ2) is 5.75. The predicted octanol–water partition coefficient (Wildman–Crippen LogP) is -0.786. The van der Waals surface area contributed by atoms with E-state index < -0.39 is 27.4 Å². The molecule has 0 aliphatic rings. The summed E-state index contributed by atoms with van der Waals surface area (Å²) >= 11 is 5.31. The molecule has 64 valence electrons. The van der Waals surface area contributed by atoms with E-state index in [2.05, 4.69) is 0 Å². The van der Waals surface area contributed by atoms with E-state index >= 15 is 0 Å². The van der Waals surface area contributed by atoms with E-state index in [1.807, 2.05) is 0 Å². The van der Waals surface area contributed by atoms with Crippen molar-refractivity contribution in [3.8, 4) is 0 Å². The first-order valence-electron chi connectivity index (χ1n) is 2.60. The van der Waals surface area contributed by atoms with E-state index in [1.54, 1.807) is 0 Å². The molecule has 0 bridgehead atoms. The van der Waals surface area contributed by atoms with E-state index in [-0.39, 0.29) is 29.6 Å². The summed E-state index contributed by atoms with van der Waals surface area (Å²) in [6, 6.07) is 0. The van der Waals surface area contributed by atoms with Gasteiger partial charge in [0.05, 0.1) is 11.5 Å². The monoisotopic (exact) mass is 212 g/mol. The van der Waals surface area contributed by atoms with Crippen LogP contribution in [-0.4, -0.2) is 64.9 Å². The SMILES string of the molecule is CC(Cl)C(O)CS(=O)(=O)O.[NaH]. The van der Waals surface area contributed by atoms with Crippen molar-refractivity contribution in [2.24, 2.45) is 0 Å². The van der Waals surface area contributed by atoms with Crippen molar-refractivity contribution in [1.82, 2.24) is 0 Å². The molecular formula is C4H10ClNaO4S. The Morgan fingerprint density at radius 1 is 1.55 bits per heavy atom. The van der Waals surface area contributed by atoms with Gasteiger partial charge in [0, 0.05) is 0 Å². The molecule has 2 atom stereocenters. The van der Waals surface area contributed by atoms with Gasteiger partial charge in [-0.15, -0.1) is 11.6 Å². The summed E-state index contributed by atoms with van der Waals surface area (Å²) in [7, 11) is -4.10. The van der Waals surface area contributed by atoms with Gasteiger partial charge in [-0.2, -0.15) is 8.42 Å². The quantitative estimate of drug-likeness (QED) is 0.366. The van der Waals surface area contributed by atoms with E-state index in [1.165, 1.54) is 6.92 Å². The maximum atomic E-state index is 10.1. The number of rotatable bonds is 3. The van der Waals surface area contributed by atoms with Crippen LogP contribution in [0, 0.1) is 0 Å². The molecule has 0 amide bonds. The van der Waals surface area contributed by atoms with Gasteiger partial charge >= 0.3 is 29.6 Å². The summed E-state index contributed by atoms with van der Waals surface area (Å²) in [6.07, 6.45) is -1.21. The summed E-state index contributed by atoms with van der Waals surface area (Å²) < 4.78 is 28.4. The first-order valence-corrected chi connectivity index (χ1v) is 4.65. The third kappa shape index (κ3) is 9.07. The van der Waals surface area contributed by atoms with Crippen LogP contribution >= 0.6 is 11.6 Å². The summed E-state index contributed by atoms with van der Waals surface area (Å²) in [4.78, 5) is 0. The van der Waals surface area contributed by atoms with Gasteiger partial charge in [0.1, 0.15) is 5.75 Å². The topological polar surface area (TPSA) is 74.6 Å². The average molecular weight is 213 g/mol. The van der Waals surface area contributed by atoms with Gasteiger partial charge in [-0.3, -0.25) is 4.55 Å². The fourth-order valence-corrected chi connectivity index (χ4v) is 1.26. The third-order valence-electron chi connectivity index (χ3n) is 0.912. The molecule has 0 saturated heterocycles. The van der Waals surface area contributed by atoms with Crippen molar-refractivity contribution in [3.63, 3.8) is 0 Å². The van der Waals surface area contributed by atoms with Crippen LogP contribution in [0.25, 0.3) is 0 Å². The molecule has 0 heterocycles. The van der Waals surface area contributed by atoms with Crippen molar-refractivity contribution in [2.45, 2.75) is 18.4 Å². The van der Waals surface area contributed by atoms with Gasteiger partial charge < -0.3 is 5.11 Å². The van der Waals surface area contributed by atoms with Gasteiger partial charge in [-0.25, -0.2) is 0 Å². The van der Waals surface area contributed by atoms with Crippen LogP contribution in [0.2, 0.25) is 0 Å². The van der Waals surface area contributed by atoms with Crippen LogP contribution < -0.4 is 0 Å². The number of alkyl halides is 1. The molecule has 0 aliphatic heterocycles. The predicted molar refractivity (Wildman–Crippen MR) is 44.9 cm³/mol. The number of aliphatic hydroxyl groups excluding tert-OH is 1. The molecule has 0 aromatic heterocycles. The number of aliphatic hydroxyl groups is 1. The van der Waals surface area contributed by atoms with E-state index in [0.29, 0.717) is 0 Å². The standard InChI is InChI=1S/C4H9ClO4S.Na.H/c1-3(5)4(6)2-10(7,8)9;;/h3-4,6H,2H2,1H3,(H,7,8,9);;. The summed E-state index contributed by atoms with van der Waals surface area (Å²) in [5, 5.41) is 8.11. The average Bonchev–Trinajstić information content (AvgIpc) is 1.60. The zero-order valence-electron chi connectivity index (χ0n) is 5.36. The van der Waals surface area contributed by atoms with Crippen LogP contribution in [0.5, 0.6) is 0 Å². The van der Waals surface area contributed by atoms with Crippen LogP contribution in [0.4, 0.5) is 0 Å². The van der Waals surface area contributed by atoms with Gasteiger partial charge in [0.2, 0.25) is 0 Å². The summed E-state index contributed by atoms with van der Waals surface area (Å²) in [5.74, 6) is -0.711. The summed E-state index contributed by atoms with van der Waals surface area (Å²) in [6.45, 7) is 1.44. The Bertz CT molecular complexity index is 190. The first kappa shape index (κ1) is 14.7. The van der Waals surface area contributed by atoms with Crippen molar-refractivity contribution in [1.29, 1.82) is 0 Å². The molecule has 4 nitrogen and oxygen atoms in total. The van der Waals surface area contributed by atoms with Crippen LogP contribution in [0.15, 0.2) is 0 Å². The molecule has 0 aromatic rings. The van der Waals surface area contributed by atoms with Crippen LogP contribution in [0.1, 0.15) is 6.92 Å². The molecule has 7 heteroatoms. The van der Waals surface area contributed by atoms with Gasteiger partial charge in [-0.1, -0.05) is 0 Å². The molecule has 0 rings (SSSR count). The molecule has 0 radical (unpaired) electrons. The Labute approximate surface area is 93.0 Å². The second-order valence-electron chi connectivity index (χ2n) is 1.99. The van der Waals surface area contributed by atoms with E-state index in [4.69, 9.17) is 21.3 Å². The molecule has 2 N–H and O–H groups in total. The van der Waals surface area contributed by atoms with Crippen LogP contribution in [0.3, 0.4) is 0 Å². The minimum absolute atomic E-state index is 0. The molecule has 0 aromatic carbocycles. The maximum absolute atomic E-state index is 10.1. The fraction of sp³-hybridized carbons (Fsp3) is 1.00. The Kier molecular flexibility index (Phi) is 7.66. The number of halogens is 1. The first-order chi connectivity index (χ1) is 4.33. The summed E-state index contributed by atoms with van der Waals surface area (Å²) in [5.41, 5.74) is 0. The zero-order valence-corrected chi connectivity index (χ0v) is 6.93. The molecule has 0 spiro atoms. The van der Waals surface area contributed by atoms with Crippen LogP contribution in [-0.2, 0) is 10.1 Å². The Morgan fingerprint density at radius 2 is 1.91 bits per heavy atom. The van der Waals surface area contributed by atoms with Crippen molar-refractivity contribution < 1.29 is 18.1 Å². The Hall–Kier alpha value is 1.16. The molecule has 11 heavy (non-hydrogen) atoms. The fourth-order valence-electron chi connectivity index (χ4n) is 0.348. The zero-order chi connectivity index (χ0) is 8.36. The normalized spacial score (nSPS) is 16.7. The number of hydrogen-bond donors (Lipinski definition) is 2. The van der Waals surface area contributed by atoms with E-state index in [0.717, 1.165) is 0 Å².